The number of nitrogens with one attached hydrogen (secondary N) is 1. The smallest absolute Gasteiger partial charge is 0.151 e. The van der Waals surface area contributed by atoms with Gasteiger partial charge in [0, 0.05) is 11.8 Å². The Morgan fingerprint density at radius 2 is 1.88 bits per heavy atom. The van der Waals surface area contributed by atoms with Crippen molar-refractivity contribution in [1.82, 2.24) is 10.2 Å². The van der Waals surface area contributed by atoms with Gasteiger partial charge in [0.2, 0.25) is 0 Å². The van der Waals surface area contributed by atoms with Crippen LogP contribution in [-0.2, 0) is 9.84 Å². The first-order valence-corrected chi connectivity index (χ1v) is 7.78. The number of nitrogens with zero attached hydrogens (tertiary/aromatic N) is 1. The van der Waals surface area contributed by atoms with E-state index in [1.807, 2.05) is 6.92 Å². The van der Waals surface area contributed by atoms with Crippen LogP contribution in [0.5, 0.6) is 0 Å². The number of hydrogen-bond acceptors (Lipinski definition) is 4. The highest BCUT2D eigenvalue weighted by molar-refractivity contribution is 7.91. The molecule has 0 saturated heterocycles. The van der Waals surface area contributed by atoms with Gasteiger partial charge in [-0.3, -0.25) is 0 Å². The monoisotopic (exact) mass is 250 g/mol. The molecule has 1 unspecified atom stereocenters. The summed E-state index contributed by atoms with van der Waals surface area (Å²) in [6.45, 7) is 5.61. The second-order valence-electron chi connectivity index (χ2n) is 4.56. The summed E-state index contributed by atoms with van der Waals surface area (Å²) in [5, 5.41) is 3.25. The lowest BCUT2D eigenvalue weighted by Crippen LogP contribution is -2.34. The molecule has 0 rings (SSSR count). The summed E-state index contributed by atoms with van der Waals surface area (Å²) in [7, 11) is 1.27. The quantitative estimate of drug-likeness (QED) is 0.613. The molecule has 0 aromatic rings. The van der Waals surface area contributed by atoms with Crippen molar-refractivity contribution < 1.29 is 8.42 Å². The summed E-state index contributed by atoms with van der Waals surface area (Å²) in [5.74, 6) is 0.483. The summed E-state index contributed by atoms with van der Waals surface area (Å²) in [4.78, 5) is 2.16. The molecule has 0 aromatic heterocycles. The maximum Gasteiger partial charge on any atom is 0.151 e. The van der Waals surface area contributed by atoms with Gasteiger partial charge in [-0.2, -0.15) is 0 Å². The minimum Gasteiger partial charge on any atom is -0.313 e. The first kappa shape index (κ1) is 15.9. The van der Waals surface area contributed by atoms with Gasteiger partial charge in [0.05, 0.1) is 5.75 Å². The van der Waals surface area contributed by atoms with Gasteiger partial charge in [0.1, 0.15) is 0 Å². The lowest BCUT2D eigenvalue weighted by molar-refractivity contribution is 0.389. The average Bonchev–Trinajstić information content (AvgIpc) is 2.16. The van der Waals surface area contributed by atoms with E-state index in [4.69, 9.17) is 0 Å². The minimum absolute atomic E-state index is 0.0595. The van der Waals surface area contributed by atoms with Crippen molar-refractivity contribution in [2.24, 2.45) is 0 Å². The predicted octanol–water partition coefficient (Wildman–Crippen LogP) is 0.741. The topological polar surface area (TPSA) is 49.4 Å². The van der Waals surface area contributed by atoms with Crippen molar-refractivity contribution in [3.63, 3.8) is 0 Å². The first-order valence-electron chi connectivity index (χ1n) is 5.96. The Balaban J connectivity index is 3.55. The molecule has 0 bridgehead atoms. The standard InChI is InChI=1S/C11H26N2O2S/c1-5-16(14,15)10-11(2)12-8-6-7-9-13(3)4/h11-12H,5-10H2,1-4H3. The number of hydrogen-bond donors (Lipinski definition) is 1. The zero-order chi connectivity index (χ0) is 12.6. The summed E-state index contributed by atoms with van der Waals surface area (Å²) >= 11 is 0. The van der Waals surface area contributed by atoms with E-state index < -0.39 is 9.84 Å². The average molecular weight is 250 g/mol. The van der Waals surface area contributed by atoms with E-state index in [0.717, 1.165) is 25.9 Å². The molecule has 0 spiro atoms. The zero-order valence-corrected chi connectivity index (χ0v) is 11.8. The predicted molar refractivity (Wildman–Crippen MR) is 69.6 cm³/mol. The van der Waals surface area contributed by atoms with Gasteiger partial charge in [-0.1, -0.05) is 6.92 Å². The van der Waals surface area contributed by atoms with Crippen LogP contribution in [0.3, 0.4) is 0 Å². The van der Waals surface area contributed by atoms with Crippen molar-refractivity contribution in [2.45, 2.75) is 32.7 Å². The van der Waals surface area contributed by atoms with E-state index in [9.17, 15) is 8.42 Å². The lowest BCUT2D eigenvalue weighted by atomic mass is 10.3. The summed E-state index contributed by atoms with van der Waals surface area (Å²) in [5.41, 5.74) is 0. The maximum atomic E-state index is 11.3. The molecule has 1 N–H and O–H groups in total. The van der Waals surface area contributed by atoms with E-state index in [1.165, 1.54) is 0 Å². The Kier molecular flexibility index (Phi) is 7.97. The van der Waals surface area contributed by atoms with E-state index in [-0.39, 0.29) is 17.5 Å². The van der Waals surface area contributed by atoms with Crippen LogP contribution >= 0.6 is 0 Å². The second kappa shape index (κ2) is 8.03. The van der Waals surface area contributed by atoms with Crippen LogP contribution in [0.15, 0.2) is 0 Å². The molecule has 98 valence electrons. The van der Waals surface area contributed by atoms with Gasteiger partial charge in [0.25, 0.3) is 0 Å². The van der Waals surface area contributed by atoms with Gasteiger partial charge < -0.3 is 10.2 Å². The third-order valence-electron chi connectivity index (χ3n) is 2.47. The van der Waals surface area contributed by atoms with Crippen molar-refractivity contribution in [2.75, 3.05) is 38.7 Å². The molecule has 0 amide bonds. The van der Waals surface area contributed by atoms with Gasteiger partial charge in [-0.25, -0.2) is 8.42 Å². The Labute approximate surface area is 100 Å². The minimum atomic E-state index is -2.85. The third-order valence-corrected chi connectivity index (χ3v) is 4.36. The highest BCUT2D eigenvalue weighted by atomic mass is 32.2. The fraction of sp³-hybridized carbons (Fsp3) is 1.00. The zero-order valence-electron chi connectivity index (χ0n) is 11.0. The number of unbranched alkanes of at least 4 members (excludes halogenated alkanes) is 1. The Bertz CT molecular complexity index is 263. The SMILES string of the molecule is CCS(=O)(=O)CC(C)NCCCCN(C)C. The van der Waals surface area contributed by atoms with E-state index in [1.54, 1.807) is 6.92 Å². The van der Waals surface area contributed by atoms with Gasteiger partial charge in [0.15, 0.2) is 9.84 Å². The molecule has 0 aliphatic rings. The first-order chi connectivity index (χ1) is 7.37. The lowest BCUT2D eigenvalue weighted by Gasteiger charge is -2.14. The van der Waals surface area contributed by atoms with E-state index in [2.05, 4.69) is 24.3 Å². The molecule has 0 saturated carbocycles. The third kappa shape index (κ3) is 9.12. The van der Waals surface area contributed by atoms with Crippen LogP contribution in [0.1, 0.15) is 26.7 Å². The highest BCUT2D eigenvalue weighted by Crippen LogP contribution is 1.95. The summed E-state index contributed by atoms with van der Waals surface area (Å²) in [6, 6.07) is 0.0595. The van der Waals surface area contributed by atoms with Crippen LogP contribution in [-0.4, -0.2) is 58.1 Å². The van der Waals surface area contributed by atoms with Gasteiger partial charge in [-0.05, 0) is 47.0 Å². The molecule has 0 aliphatic carbocycles. The van der Waals surface area contributed by atoms with Crippen molar-refractivity contribution >= 4 is 9.84 Å². The van der Waals surface area contributed by atoms with Crippen molar-refractivity contribution in [3.05, 3.63) is 0 Å². The molecular formula is C11H26N2O2S. The Morgan fingerprint density at radius 3 is 2.38 bits per heavy atom. The fourth-order valence-electron chi connectivity index (χ4n) is 1.46. The van der Waals surface area contributed by atoms with Crippen LogP contribution in [0.2, 0.25) is 0 Å². The number of sulfone groups is 1. The molecule has 1 atom stereocenters. The molecule has 0 aliphatic heterocycles. The van der Waals surface area contributed by atoms with E-state index >= 15 is 0 Å². The van der Waals surface area contributed by atoms with Crippen molar-refractivity contribution in [1.29, 1.82) is 0 Å². The largest absolute Gasteiger partial charge is 0.313 e. The molecule has 0 heterocycles. The molecule has 5 heteroatoms. The van der Waals surface area contributed by atoms with Crippen LogP contribution in [0, 0.1) is 0 Å². The Hall–Kier alpha value is -0.130. The number of rotatable bonds is 9. The van der Waals surface area contributed by atoms with Crippen LogP contribution < -0.4 is 5.32 Å². The molecule has 16 heavy (non-hydrogen) atoms. The summed E-state index contributed by atoms with van der Waals surface area (Å²) < 4.78 is 22.7. The molecular weight excluding hydrogens is 224 g/mol. The summed E-state index contributed by atoms with van der Waals surface area (Å²) in [6.07, 6.45) is 2.24. The van der Waals surface area contributed by atoms with Crippen LogP contribution in [0.25, 0.3) is 0 Å². The Morgan fingerprint density at radius 1 is 1.25 bits per heavy atom. The molecule has 0 fully saturated rings. The molecule has 0 radical (unpaired) electrons. The maximum absolute atomic E-state index is 11.3. The fourth-order valence-corrected chi connectivity index (χ4v) is 2.57. The normalized spacial score (nSPS) is 14.3. The van der Waals surface area contributed by atoms with Gasteiger partial charge >= 0.3 is 0 Å². The molecule has 0 aromatic carbocycles. The second-order valence-corrected chi connectivity index (χ2v) is 6.96. The van der Waals surface area contributed by atoms with Gasteiger partial charge in [-0.15, -0.1) is 0 Å². The van der Waals surface area contributed by atoms with Crippen molar-refractivity contribution in [3.8, 4) is 0 Å². The van der Waals surface area contributed by atoms with Crippen LogP contribution in [0.4, 0.5) is 0 Å². The molecule has 4 nitrogen and oxygen atoms in total. The highest BCUT2D eigenvalue weighted by Gasteiger charge is 2.12. The van der Waals surface area contributed by atoms with E-state index in [0.29, 0.717) is 0 Å².